The highest BCUT2D eigenvalue weighted by molar-refractivity contribution is 5.97. The van der Waals surface area contributed by atoms with Gasteiger partial charge >= 0.3 is 5.97 Å². The van der Waals surface area contributed by atoms with Crippen LogP contribution in [-0.4, -0.2) is 67.9 Å². The molecule has 2 aromatic heterocycles. The maximum atomic E-state index is 11.3. The molecule has 1 saturated heterocycles. The number of esters is 1. The lowest BCUT2D eigenvalue weighted by Gasteiger charge is -2.17. The van der Waals surface area contributed by atoms with Gasteiger partial charge in [-0.05, 0) is 6.08 Å². The van der Waals surface area contributed by atoms with Crippen molar-refractivity contribution in [1.29, 1.82) is 0 Å². The van der Waals surface area contributed by atoms with Gasteiger partial charge in [-0.3, -0.25) is 0 Å². The van der Waals surface area contributed by atoms with Crippen molar-refractivity contribution in [1.82, 2.24) is 14.5 Å². The van der Waals surface area contributed by atoms with Crippen molar-refractivity contribution in [2.24, 2.45) is 0 Å². The van der Waals surface area contributed by atoms with Crippen LogP contribution in [0.4, 0.5) is 5.82 Å². The van der Waals surface area contributed by atoms with Crippen LogP contribution in [0.3, 0.4) is 0 Å². The van der Waals surface area contributed by atoms with Crippen LogP contribution < -0.4 is 5.73 Å². The van der Waals surface area contributed by atoms with Crippen LogP contribution in [0.15, 0.2) is 18.6 Å². The molecule has 1 fully saturated rings. The average molecular weight is 350 g/mol. The van der Waals surface area contributed by atoms with E-state index in [0.29, 0.717) is 16.6 Å². The molecule has 0 bridgehead atoms. The van der Waals surface area contributed by atoms with Crippen molar-refractivity contribution in [2.45, 2.75) is 24.5 Å². The predicted octanol–water partition coefficient (Wildman–Crippen LogP) is -1.19. The molecule has 5 N–H and O–H groups in total. The number of nitrogen functional groups attached to an aromatic ring is 1. The molecular weight excluding hydrogens is 332 g/mol. The Hall–Kier alpha value is -2.53. The van der Waals surface area contributed by atoms with Gasteiger partial charge in [-0.2, -0.15) is 0 Å². The van der Waals surface area contributed by atoms with E-state index in [4.69, 9.17) is 10.5 Å². The van der Waals surface area contributed by atoms with Crippen molar-refractivity contribution in [2.75, 3.05) is 19.5 Å². The molecule has 2 aromatic rings. The molecule has 134 valence electrons. The molecule has 0 spiro atoms. The molecule has 0 radical (unpaired) electrons. The molecule has 1 aliphatic rings. The average Bonchev–Trinajstić information content (AvgIpc) is 3.12. The van der Waals surface area contributed by atoms with Crippen LogP contribution in [0.25, 0.3) is 17.1 Å². The zero-order chi connectivity index (χ0) is 18.1. The number of methoxy groups -OCH3 is 1. The number of aliphatic hydroxyl groups excluding tert-OH is 3. The van der Waals surface area contributed by atoms with Gasteiger partial charge in [0.1, 0.15) is 36.1 Å². The molecule has 3 rings (SSSR count). The van der Waals surface area contributed by atoms with E-state index >= 15 is 0 Å². The van der Waals surface area contributed by atoms with E-state index in [0.717, 1.165) is 0 Å². The summed E-state index contributed by atoms with van der Waals surface area (Å²) in [5.74, 6) is -0.371. The van der Waals surface area contributed by atoms with Gasteiger partial charge in [-0.1, -0.05) is 0 Å². The standard InChI is InChI=1S/C15H18N4O6/c1-24-9(21)3-2-7-4-19(14-10(7)13(16)17-6-18-14)15-12(23)11(22)8(5-20)25-15/h2-4,6,8,11-12,15,20,22-23H,5H2,1H3,(H2,16,17,18)/b3-2+/t8-,11-,12-,15?/m1/s1. The monoisotopic (exact) mass is 350 g/mol. The van der Waals surface area contributed by atoms with Crippen LogP contribution in [0, 0.1) is 0 Å². The van der Waals surface area contributed by atoms with Crippen LogP contribution in [0.2, 0.25) is 0 Å². The normalized spacial score (nSPS) is 26.6. The maximum absolute atomic E-state index is 11.3. The minimum absolute atomic E-state index is 0.181. The van der Waals surface area contributed by atoms with E-state index in [1.54, 1.807) is 6.20 Å². The second-order valence-electron chi connectivity index (χ2n) is 5.53. The van der Waals surface area contributed by atoms with Gasteiger partial charge < -0.3 is 35.1 Å². The number of aliphatic hydroxyl groups is 3. The third kappa shape index (κ3) is 2.96. The molecule has 0 amide bonds. The summed E-state index contributed by atoms with van der Waals surface area (Å²) in [5, 5.41) is 29.9. The van der Waals surface area contributed by atoms with E-state index in [9.17, 15) is 20.1 Å². The molecule has 0 saturated carbocycles. The molecule has 1 aliphatic heterocycles. The van der Waals surface area contributed by atoms with Gasteiger partial charge in [0.05, 0.1) is 19.1 Å². The van der Waals surface area contributed by atoms with Gasteiger partial charge in [-0.25, -0.2) is 14.8 Å². The Balaban J connectivity index is 2.09. The molecule has 0 aliphatic carbocycles. The number of hydrogen-bond acceptors (Lipinski definition) is 9. The second-order valence-corrected chi connectivity index (χ2v) is 5.53. The zero-order valence-electron chi connectivity index (χ0n) is 13.3. The smallest absolute Gasteiger partial charge is 0.330 e. The number of anilines is 1. The highest BCUT2D eigenvalue weighted by Gasteiger charge is 2.44. The van der Waals surface area contributed by atoms with E-state index in [1.165, 1.54) is 30.2 Å². The molecule has 10 heteroatoms. The largest absolute Gasteiger partial charge is 0.466 e. The van der Waals surface area contributed by atoms with E-state index < -0.39 is 37.1 Å². The number of ether oxygens (including phenoxy) is 2. The Morgan fingerprint density at radius 3 is 2.84 bits per heavy atom. The predicted molar refractivity (Wildman–Crippen MR) is 86.0 cm³/mol. The Morgan fingerprint density at radius 2 is 2.20 bits per heavy atom. The number of carbonyl (C=O) groups is 1. The fourth-order valence-corrected chi connectivity index (χ4v) is 2.79. The van der Waals surface area contributed by atoms with Gasteiger partial charge in [0.15, 0.2) is 6.23 Å². The maximum Gasteiger partial charge on any atom is 0.330 e. The number of nitrogens with two attached hydrogens (primary N) is 1. The highest BCUT2D eigenvalue weighted by Crippen LogP contribution is 2.34. The number of hydrogen-bond donors (Lipinski definition) is 4. The van der Waals surface area contributed by atoms with Gasteiger partial charge in [0.25, 0.3) is 0 Å². The van der Waals surface area contributed by atoms with Crippen molar-refractivity contribution in [3.63, 3.8) is 0 Å². The summed E-state index contributed by atoms with van der Waals surface area (Å²) in [5.41, 5.74) is 6.78. The fourth-order valence-electron chi connectivity index (χ4n) is 2.79. The summed E-state index contributed by atoms with van der Waals surface area (Å²) in [4.78, 5) is 19.4. The van der Waals surface area contributed by atoms with Crippen LogP contribution in [0.5, 0.6) is 0 Å². The van der Waals surface area contributed by atoms with Crippen LogP contribution in [-0.2, 0) is 14.3 Å². The van der Waals surface area contributed by atoms with E-state index in [1.807, 2.05) is 0 Å². The van der Waals surface area contributed by atoms with E-state index in [2.05, 4.69) is 14.7 Å². The number of aromatic nitrogens is 3. The van der Waals surface area contributed by atoms with Gasteiger partial charge in [-0.15, -0.1) is 0 Å². The lowest BCUT2D eigenvalue weighted by atomic mass is 10.1. The molecule has 10 nitrogen and oxygen atoms in total. The molecule has 25 heavy (non-hydrogen) atoms. The summed E-state index contributed by atoms with van der Waals surface area (Å²) < 4.78 is 11.6. The summed E-state index contributed by atoms with van der Waals surface area (Å²) in [7, 11) is 1.26. The first-order chi connectivity index (χ1) is 12.0. The van der Waals surface area contributed by atoms with Crippen molar-refractivity contribution in [3.8, 4) is 0 Å². The zero-order valence-corrected chi connectivity index (χ0v) is 13.3. The Morgan fingerprint density at radius 1 is 1.44 bits per heavy atom. The van der Waals surface area contributed by atoms with Gasteiger partial charge in [0, 0.05) is 17.8 Å². The van der Waals surface area contributed by atoms with Crippen molar-refractivity contribution >= 4 is 28.9 Å². The second kappa shape index (κ2) is 6.76. The van der Waals surface area contributed by atoms with Crippen LogP contribution >= 0.6 is 0 Å². The first-order valence-electron chi connectivity index (χ1n) is 7.47. The number of carbonyl (C=O) groups excluding carboxylic acids is 1. The van der Waals surface area contributed by atoms with Gasteiger partial charge in [0.2, 0.25) is 0 Å². The first kappa shape index (κ1) is 17.3. The minimum atomic E-state index is -1.28. The molecule has 0 aromatic carbocycles. The Kier molecular flexibility index (Phi) is 4.68. The molecule has 4 atom stereocenters. The third-order valence-corrected chi connectivity index (χ3v) is 4.06. The lowest BCUT2D eigenvalue weighted by Crippen LogP contribution is -2.33. The van der Waals surface area contributed by atoms with Crippen LogP contribution in [0.1, 0.15) is 11.8 Å². The minimum Gasteiger partial charge on any atom is -0.466 e. The Bertz CT molecular complexity index is 820. The van der Waals surface area contributed by atoms with E-state index in [-0.39, 0.29) is 5.82 Å². The summed E-state index contributed by atoms with van der Waals surface area (Å²) in [6, 6.07) is 0. The molecule has 1 unspecified atom stereocenters. The quantitative estimate of drug-likeness (QED) is 0.394. The lowest BCUT2D eigenvalue weighted by molar-refractivity contribution is -0.134. The highest BCUT2D eigenvalue weighted by atomic mass is 16.6. The third-order valence-electron chi connectivity index (χ3n) is 4.06. The summed E-state index contributed by atoms with van der Waals surface area (Å²) in [6.45, 7) is -0.444. The number of rotatable bonds is 4. The summed E-state index contributed by atoms with van der Waals surface area (Å²) in [6.07, 6.45) is 1.07. The number of nitrogens with zero attached hydrogens (tertiary/aromatic N) is 3. The summed E-state index contributed by atoms with van der Waals surface area (Å²) >= 11 is 0. The van der Waals surface area contributed by atoms with Crippen molar-refractivity contribution < 1.29 is 29.6 Å². The molecule has 3 heterocycles. The fraction of sp³-hybridized carbons (Fsp3) is 0.400. The number of fused-ring (bicyclic) bond motifs is 1. The Labute approximate surface area is 142 Å². The first-order valence-corrected chi connectivity index (χ1v) is 7.47. The molecular formula is C15H18N4O6. The van der Waals surface area contributed by atoms with Crippen molar-refractivity contribution in [3.05, 3.63) is 24.2 Å². The topological polar surface area (TPSA) is 153 Å². The SMILES string of the molecule is COC(=O)/C=C/c1cn(C2O[C@H](CO)[C@@H](O)[C@H]2O)c2ncnc(N)c12.